The number of amides is 1. The molecule has 1 saturated heterocycles. The molecule has 2 rings (SSSR count). The van der Waals surface area contributed by atoms with E-state index in [-0.39, 0.29) is 24.8 Å². The van der Waals surface area contributed by atoms with Crippen molar-refractivity contribution in [3.05, 3.63) is 34.7 Å². The molecule has 5 nitrogen and oxygen atoms in total. The van der Waals surface area contributed by atoms with Crippen molar-refractivity contribution in [3.8, 4) is 5.75 Å². The minimum absolute atomic E-state index is 0.135. The third-order valence-corrected chi connectivity index (χ3v) is 4.51. The lowest BCUT2D eigenvalue weighted by atomic mass is 10.2. The summed E-state index contributed by atoms with van der Waals surface area (Å²) in [6.07, 6.45) is 1.92. The van der Waals surface area contributed by atoms with Crippen molar-refractivity contribution in [2.75, 3.05) is 20.3 Å². The van der Waals surface area contributed by atoms with Gasteiger partial charge in [0, 0.05) is 6.54 Å². The number of hydrogen-bond acceptors (Lipinski definition) is 6. The van der Waals surface area contributed by atoms with Gasteiger partial charge in [-0.3, -0.25) is 14.5 Å². The number of benzene rings is 1. The van der Waals surface area contributed by atoms with Crippen LogP contribution in [-0.4, -0.2) is 41.4 Å². The molecule has 122 valence electrons. The number of carbonyl (C=O) groups excluding carboxylic acids is 2. The topological polar surface area (TPSA) is 55.8 Å². The fraction of sp³-hybridized carbons (Fsp3) is 0.312. The number of hydrogen-bond donors (Lipinski definition) is 0. The fourth-order valence-corrected chi connectivity index (χ4v) is 3.29. The maximum absolute atomic E-state index is 12.4. The van der Waals surface area contributed by atoms with Gasteiger partial charge < -0.3 is 9.47 Å². The van der Waals surface area contributed by atoms with E-state index >= 15 is 0 Å². The number of nitrogens with zero attached hydrogens (tertiary/aromatic N) is 1. The molecule has 1 heterocycles. The number of carbonyl (C=O) groups is 2. The van der Waals surface area contributed by atoms with Gasteiger partial charge >= 0.3 is 5.97 Å². The molecule has 1 aliphatic heterocycles. The summed E-state index contributed by atoms with van der Waals surface area (Å²) in [4.78, 5) is 25.8. The Kier molecular flexibility index (Phi) is 6.18. The molecule has 23 heavy (non-hydrogen) atoms. The Morgan fingerprint density at radius 2 is 2.04 bits per heavy atom. The van der Waals surface area contributed by atoms with Crippen molar-refractivity contribution in [1.82, 2.24) is 4.90 Å². The zero-order chi connectivity index (χ0) is 16.8. The van der Waals surface area contributed by atoms with Crippen molar-refractivity contribution in [1.29, 1.82) is 0 Å². The Balaban J connectivity index is 2.04. The molecular formula is C16H17NO4S2. The zero-order valence-corrected chi connectivity index (χ0v) is 14.5. The number of thioether (sulfide) groups is 1. The third kappa shape index (κ3) is 4.56. The summed E-state index contributed by atoms with van der Waals surface area (Å²) in [5, 5.41) is 0. The summed E-state index contributed by atoms with van der Waals surface area (Å²) in [6.45, 7) is 2.31. The lowest BCUT2D eigenvalue weighted by Gasteiger charge is -2.13. The van der Waals surface area contributed by atoms with Gasteiger partial charge in [0.1, 0.15) is 10.1 Å². The van der Waals surface area contributed by atoms with E-state index in [1.165, 1.54) is 16.7 Å². The lowest BCUT2D eigenvalue weighted by molar-refractivity contribution is -0.143. The molecule has 0 radical (unpaired) electrons. The average molecular weight is 351 g/mol. The second kappa shape index (κ2) is 8.12. The Morgan fingerprint density at radius 1 is 1.35 bits per heavy atom. The van der Waals surface area contributed by atoms with Gasteiger partial charge in [0.05, 0.1) is 25.0 Å². The van der Waals surface area contributed by atoms with Crippen LogP contribution in [0.1, 0.15) is 18.9 Å². The fourth-order valence-electron chi connectivity index (χ4n) is 1.98. The van der Waals surface area contributed by atoms with E-state index in [1.54, 1.807) is 20.1 Å². The smallest absolute Gasteiger partial charge is 0.307 e. The van der Waals surface area contributed by atoms with E-state index in [9.17, 15) is 9.59 Å². The summed E-state index contributed by atoms with van der Waals surface area (Å²) in [6, 6.07) is 7.38. The predicted octanol–water partition coefficient (Wildman–Crippen LogP) is 2.85. The molecule has 0 aromatic heterocycles. The van der Waals surface area contributed by atoms with Crippen molar-refractivity contribution >= 4 is 46.3 Å². The average Bonchev–Trinajstić information content (AvgIpc) is 2.80. The van der Waals surface area contributed by atoms with Crippen LogP contribution in [0, 0.1) is 0 Å². The van der Waals surface area contributed by atoms with Crippen LogP contribution in [0.25, 0.3) is 6.08 Å². The van der Waals surface area contributed by atoms with Crippen LogP contribution in [0.5, 0.6) is 5.75 Å². The summed E-state index contributed by atoms with van der Waals surface area (Å²) >= 11 is 6.46. The first kappa shape index (κ1) is 17.5. The normalized spacial score (nSPS) is 16.1. The first-order valence-electron chi connectivity index (χ1n) is 7.10. The first-order valence-corrected chi connectivity index (χ1v) is 8.32. The Bertz CT molecular complexity index is 640. The molecule has 1 fully saturated rings. The molecule has 0 atom stereocenters. The molecular weight excluding hydrogens is 334 g/mol. The molecule has 1 aromatic rings. The van der Waals surface area contributed by atoms with Gasteiger partial charge in [-0.1, -0.05) is 36.1 Å². The van der Waals surface area contributed by atoms with Gasteiger partial charge in [-0.25, -0.2) is 0 Å². The molecule has 1 amide bonds. The maximum atomic E-state index is 12.4. The molecule has 0 aliphatic carbocycles. The standard InChI is InChI=1S/C16H17NO4S2/c1-3-21-14(18)8-9-17-15(19)13(23-16(17)22)10-11-4-6-12(20-2)7-5-11/h4-7,10H,3,8-9H2,1-2H3. The maximum Gasteiger partial charge on any atom is 0.307 e. The molecule has 0 unspecified atom stereocenters. The molecule has 1 aliphatic rings. The molecule has 0 N–H and O–H groups in total. The summed E-state index contributed by atoms with van der Waals surface area (Å²) in [5.74, 6) is 0.241. The van der Waals surface area contributed by atoms with E-state index in [4.69, 9.17) is 21.7 Å². The molecule has 1 aromatic carbocycles. The van der Waals surface area contributed by atoms with E-state index in [2.05, 4.69) is 0 Å². The number of ether oxygens (including phenoxy) is 2. The van der Waals surface area contributed by atoms with Crippen LogP contribution in [0.2, 0.25) is 0 Å². The number of thiocarbonyl (C=S) groups is 1. The number of rotatable bonds is 6. The SMILES string of the molecule is CCOC(=O)CCN1C(=O)C(=Cc2ccc(OC)cc2)SC1=S. The monoisotopic (exact) mass is 351 g/mol. The minimum Gasteiger partial charge on any atom is -0.497 e. The highest BCUT2D eigenvalue weighted by molar-refractivity contribution is 8.26. The van der Waals surface area contributed by atoms with Crippen molar-refractivity contribution < 1.29 is 19.1 Å². The lowest BCUT2D eigenvalue weighted by Crippen LogP contribution is -2.30. The van der Waals surface area contributed by atoms with Crippen molar-refractivity contribution in [2.24, 2.45) is 0 Å². The van der Waals surface area contributed by atoms with Gasteiger partial charge in [-0.15, -0.1) is 0 Å². The molecule has 7 heteroatoms. The number of methoxy groups -OCH3 is 1. The van der Waals surface area contributed by atoms with E-state index in [0.717, 1.165) is 11.3 Å². The molecule has 0 bridgehead atoms. The Labute approximate surface area is 144 Å². The van der Waals surface area contributed by atoms with E-state index in [0.29, 0.717) is 15.8 Å². The third-order valence-electron chi connectivity index (χ3n) is 3.13. The minimum atomic E-state index is -0.333. The Morgan fingerprint density at radius 3 is 2.65 bits per heavy atom. The zero-order valence-electron chi connectivity index (χ0n) is 12.9. The van der Waals surface area contributed by atoms with Crippen LogP contribution in [0.4, 0.5) is 0 Å². The van der Waals surface area contributed by atoms with Crippen LogP contribution in [0.15, 0.2) is 29.2 Å². The first-order chi connectivity index (χ1) is 11.0. The summed E-state index contributed by atoms with van der Waals surface area (Å²) < 4.78 is 10.4. The van der Waals surface area contributed by atoms with Gasteiger partial charge in [-0.05, 0) is 30.7 Å². The van der Waals surface area contributed by atoms with Gasteiger partial charge in [0.15, 0.2) is 0 Å². The molecule has 0 saturated carbocycles. The van der Waals surface area contributed by atoms with Gasteiger partial charge in [-0.2, -0.15) is 0 Å². The summed E-state index contributed by atoms with van der Waals surface area (Å²) in [7, 11) is 1.60. The van der Waals surface area contributed by atoms with Crippen LogP contribution in [0.3, 0.4) is 0 Å². The summed E-state index contributed by atoms with van der Waals surface area (Å²) in [5.41, 5.74) is 0.886. The van der Waals surface area contributed by atoms with Gasteiger partial charge in [0.25, 0.3) is 5.91 Å². The Hall–Kier alpha value is -1.86. The highest BCUT2D eigenvalue weighted by Crippen LogP contribution is 2.32. The second-order valence-electron chi connectivity index (χ2n) is 4.66. The highest BCUT2D eigenvalue weighted by atomic mass is 32.2. The van der Waals surface area contributed by atoms with Crippen molar-refractivity contribution in [3.63, 3.8) is 0 Å². The van der Waals surface area contributed by atoms with Gasteiger partial charge in [0.2, 0.25) is 0 Å². The number of esters is 1. The van der Waals surface area contributed by atoms with Crippen molar-refractivity contribution in [2.45, 2.75) is 13.3 Å². The second-order valence-corrected chi connectivity index (χ2v) is 6.34. The van der Waals surface area contributed by atoms with E-state index in [1.807, 2.05) is 24.3 Å². The largest absolute Gasteiger partial charge is 0.497 e. The van der Waals surface area contributed by atoms with Crippen LogP contribution >= 0.6 is 24.0 Å². The van der Waals surface area contributed by atoms with Crippen LogP contribution < -0.4 is 4.74 Å². The van der Waals surface area contributed by atoms with E-state index < -0.39 is 0 Å². The van der Waals surface area contributed by atoms with Crippen LogP contribution in [-0.2, 0) is 14.3 Å². The quantitative estimate of drug-likeness (QED) is 0.446. The molecule has 0 spiro atoms. The highest BCUT2D eigenvalue weighted by Gasteiger charge is 2.32. The predicted molar refractivity (Wildman–Crippen MR) is 94.1 cm³/mol.